The highest BCUT2D eigenvalue weighted by Crippen LogP contribution is 2.03. The summed E-state index contributed by atoms with van der Waals surface area (Å²) in [6.45, 7) is 2.17. The summed E-state index contributed by atoms with van der Waals surface area (Å²) in [7, 11) is 1.70. The standard InChI is InChI=1S/C7H11N3O3/c1-5-6(9-13-8-5)3-10(2)4-7(11)12/h3-4H2,1-2H3,(H,11,12). The molecule has 0 radical (unpaired) electrons. The second kappa shape index (κ2) is 3.99. The maximum atomic E-state index is 10.3. The first-order chi connectivity index (χ1) is 6.09. The number of likely N-dealkylation sites (N-methyl/N-ethyl adjacent to an activating group) is 1. The summed E-state index contributed by atoms with van der Waals surface area (Å²) in [5.74, 6) is -0.864. The van der Waals surface area contributed by atoms with Crippen LogP contribution in [-0.2, 0) is 11.3 Å². The molecule has 0 fully saturated rings. The zero-order valence-electron chi connectivity index (χ0n) is 7.52. The molecule has 1 aromatic rings. The molecule has 6 nitrogen and oxygen atoms in total. The Morgan fingerprint density at radius 3 is 2.77 bits per heavy atom. The van der Waals surface area contributed by atoms with Crippen molar-refractivity contribution in [3.63, 3.8) is 0 Å². The maximum absolute atomic E-state index is 10.3. The molecule has 13 heavy (non-hydrogen) atoms. The van der Waals surface area contributed by atoms with E-state index in [0.29, 0.717) is 17.9 Å². The van der Waals surface area contributed by atoms with Crippen molar-refractivity contribution in [2.45, 2.75) is 13.5 Å². The van der Waals surface area contributed by atoms with Gasteiger partial charge in [-0.15, -0.1) is 0 Å². The van der Waals surface area contributed by atoms with Crippen molar-refractivity contribution in [2.24, 2.45) is 0 Å². The van der Waals surface area contributed by atoms with Crippen LogP contribution in [0.25, 0.3) is 0 Å². The number of carboxylic acid groups (broad SMARTS) is 1. The van der Waals surface area contributed by atoms with E-state index in [-0.39, 0.29) is 6.54 Å². The van der Waals surface area contributed by atoms with Crippen molar-refractivity contribution < 1.29 is 14.5 Å². The minimum absolute atomic E-state index is 0.0215. The van der Waals surface area contributed by atoms with Gasteiger partial charge in [0.05, 0.1) is 6.54 Å². The van der Waals surface area contributed by atoms with Crippen molar-refractivity contribution in [1.29, 1.82) is 0 Å². The van der Waals surface area contributed by atoms with Gasteiger partial charge in [-0.2, -0.15) is 0 Å². The second-order valence-corrected chi connectivity index (χ2v) is 2.86. The molecular weight excluding hydrogens is 174 g/mol. The first-order valence-corrected chi connectivity index (χ1v) is 3.78. The average Bonchev–Trinajstić information content (AvgIpc) is 2.34. The van der Waals surface area contributed by atoms with Crippen molar-refractivity contribution in [3.05, 3.63) is 11.4 Å². The largest absolute Gasteiger partial charge is 0.480 e. The molecule has 1 N–H and O–H groups in total. The van der Waals surface area contributed by atoms with Crippen LogP contribution in [0.5, 0.6) is 0 Å². The summed E-state index contributed by atoms with van der Waals surface area (Å²) < 4.78 is 4.48. The van der Waals surface area contributed by atoms with Gasteiger partial charge in [0.25, 0.3) is 0 Å². The molecule has 0 aliphatic carbocycles. The van der Waals surface area contributed by atoms with E-state index in [1.165, 1.54) is 0 Å². The molecule has 1 heterocycles. The third-order valence-electron chi connectivity index (χ3n) is 1.57. The van der Waals surface area contributed by atoms with Crippen LogP contribution >= 0.6 is 0 Å². The zero-order valence-corrected chi connectivity index (χ0v) is 7.52. The number of aromatic nitrogens is 2. The van der Waals surface area contributed by atoms with Crippen molar-refractivity contribution in [2.75, 3.05) is 13.6 Å². The number of aliphatic carboxylic acids is 1. The van der Waals surface area contributed by atoms with E-state index in [0.717, 1.165) is 0 Å². The van der Waals surface area contributed by atoms with Crippen LogP contribution in [-0.4, -0.2) is 39.9 Å². The number of nitrogens with zero attached hydrogens (tertiary/aromatic N) is 3. The Kier molecular flexibility index (Phi) is 2.97. The van der Waals surface area contributed by atoms with Gasteiger partial charge in [0.2, 0.25) is 0 Å². The normalized spacial score (nSPS) is 10.7. The predicted molar refractivity (Wildman–Crippen MR) is 43.0 cm³/mol. The number of carbonyl (C=O) groups is 1. The highest BCUT2D eigenvalue weighted by Gasteiger charge is 2.10. The van der Waals surface area contributed by atoms with E-state index in [1.54, 1.807) is 18.9 Å². The van der Waals surface area contributed by atoms with Crippen molar-refractivity contribution >= 4 is 5.97 Å². The Balaban J connectivity index is 2.49. The van der Waals surface area contributed by atoms with E-state index in [2.05, 4.69) is 14.9 Å². The van der Waals surface area contributed by atoms with Gasteiger partial charge in [0, 0.05) is 6.54 Å². The third-order valence-corrected chi connectivity index (χ3v) is 1.57. The molecule has 0 bridgehead atoms. The van der Waals surface area contributed by atoms with Crippen LogP contribution in [0.3, 0.4) is 0 Å². The van der Waals surface area contributed by atoms with Gasteiger partial charge < -0.3 is 5.11 Å². The Bertz CT molecular complexity index is 297. The van der Waals surface area contributed by atoms with Crippen molar-refractivity contribution in [3.8, 4) is 0 Å². The monoisotopic (exact) mass is 185 g/mol. The van der Waals surface area contributed by atoms with E-state index < -0.39 is 5.97 Å². The summed E-state index contributed by atoms with van der Waals surface area (Å²) in [6.07, 6.45) is 0. The van der Waals surface area contributed by atoms with Crippen LogP contribution < -0.4 is 0 Å². The molecule has 0 saturated carbocycles. The van der Waals surface area contributed by atoms with Gasteiger partial charge in [0.1, 0.15) is 11.4 Å². The summed E-state index contributed by atoms with van der Waals surface area (Å²) >= 11 is 0. The molecule has 0 aliphatic heterocycles. The molecular formula is C7H11N3O3. The Morgan fingerprint density at radius 2 is 2.31 bits per heavy atom. The predicted octanol–water partition coefficient (Wildman–Crippen LogP) is -0.106. The van der Waals surface area contributed by atoms with Crippen LogP contribution in [0.2, 0.25) is 0 Å². The van der Waals surface area contributed by atoms with E-state index in [1.807, 2.05) is 0 Å². The lowest BCUT2D eigenvalue weighted by Gasteiger charge is -2.10. The van der Waals surface area contributed by atoms with Crippen LogP contribution in [0.15, 0.2) is 4.63 Å². The minimum Gasteiger partial charge on any atom is -0.480 e. The lowest BCUT2D eigenvalue weighted by Crippen LogP contribution is -2.25. The topological polar surface area (TPSA) is 79.5 Å². The molecule has 6 heteroatoms. The summed E-state index contributed by atoms with van der Waals surface area (Å²) in [6, 6.07) is 0. The molecule has 0 unspecified atom stereocenters. The SMILES string of the molecule is Cc1nonc1CN(C)CC(=O)O. The molecule has 0 spiro atoms. The van der Waals surface area contributed by atoms with Gasteiger partial charge in [-0.05, 0) is 14.0 Å². The first kappa shape index (κ1) is 9.66. The lowest BCUT2D eigenvalue weighted by molar-refractivity contribution is -0.138. The van der Waals surface area contributed by atoms with E-state index in [9.17, 15) is 4.79 Å². The van der Waals surface area contributed by atoms with Crippen LogP contribution in [0.4, 0.5) is 0 Å². The number of hydrogen-bond donors (Lipinski definition) is 1. The fourth-order valence-corrected chi connectivity index (χ4v) is 0.935. The minimum atomic E-state index is -0.864. The number of hydrogen-bond acceptors (Lipinski definition) is 5. The highest BCUT2D eigenvalue weighted by atomic mass is 16.6. The molecule has 0 aromatic carbocycles. The van der Waals surface area contributed by atoms with E-state index in [4.69, 9.17) is 5.11 Å². The average molecular weight is 185 g/mol. The summed E-state index contributed by atoms with van der Waals surface area (Å²) in [4.78, 5) is 11.9. The summed E-state index contributed by atoms with van der Waals surface area (Å²) in [5.41, 5.74) is 1.36. The fourth-order valence-electron chi connectivity index (χ4n) is 0.935. The van der Waals surface area contributed by atoms with Crippen molar-refractivity contribution in [1.82, 2.24) is 15.2 Å². The van der Waals surface area contributed by atoms with Crippen LogP contribution in [0.1, 0.15) is 11.4 Å². The number of rotatable bonds is 4. The summed E-state index contributed by atoms with van der Waals surface area (Å²) in [5, 5.41) is 15.7. The quantitative estimate of drug-likeness (QED) is 0.705. The van der Waals surface area contributed by atoms with Gasteiger partial charge >= 0.3 is 5.97 Å². The maximum Gasteiger partial charge on any atom is 0.317 e. The fraction of sp³-hybridized carbons (Fsp3) is 0.571. The zero-order chi connectivity index (χ0) is 9.84. The molecule has 1 aromatic heterocycles. The van der Waals surface area contributed by atoms with Gasteiger partial charge in [-0.1, -0.05) is 10.3 Å². The van der Waals surface area contributed by atoms with Gasteiger partial charge in [-0.25, -0.2) is 4.63 Å². The Hall–Kier alpha value is -1.43. The Labute approximate surface area is 75.1 Å². The molecule has 72 valence electrons. The van der Waals surface area contributed by atoms with E-state index >= 15 is 0 Å². The molecule has 0 saturated heterocycles. The molecule has 0 amide bonds. The smallest absolute Gasteiger partial charge is 0.317 e. The number of aryl methyl sites for hydroxylation is 1. The molecule has 1 rings (SSSR count). The van der Waals surface area contributed by atoms with Crippen LogP contribution in [0, 0.1) is 6.92 Å². The molecule has 0 aliphatic rings. The van der Waals surface area contributed by atoms with Gasteiger partial charge in [0.15, 0.2) is 0 Å². The number of carboxylic acids is 1. The Morgan fingerprint density at radius 1 is 1.62 bits per heavy atom. The second-order valence-electron chi connectivity index (χ2n) is 2.86. The molecule has 0 atom stereocenters. The first-order valence-electron chi connectivity index (χ1n) is 3.78. The lowest BCUT2D eigenvalue weighted by atomic mass is 10.3. The third kappa shape index (κ3) is 2.83. The van der Waals surface area contributed by atoms with Gasteiger partial charge in [-0.3, -0.25) is 9.69 Å². The highest BCUT2D eigenvalue weighted by molar-refractivity contribution is 5.68.